The Bertz CT molecular complexity index is 448. The average molecular weight is 329 g/mol. The SMILES string of the molecule is COCc1c(Br)cccc1NC(=O)C1CNCCO1. The molecule has 1 aliphatic heterocycles. The van der Waals surface area contributed by atoms with Gasteiger partial charge in [-0.3, -0.25) is 4.79 Å². The second-order valence-corrected chi connectivity index (χ2v) is 5.11. The van der Waals surface area contributed by atoms with Crippen LogP contribution in [0.5, 0.6) is 0 Å². The van der Waals surface area contributed by atoms with E-state index in [4.69, 9.17) is 9.47 Å². The lowest BCUT2D eigenvalue weighted by atomic mass is 10.1. The topological polar surface area (TPSA) is 59.6 Å². The predicted molar refractivity (Wildman–Crippen MR) is 76.1 cm³/mol. The second kappa shape index (κ2) is 7.00. The number of anilines is 1. The Hall–Kier alpha value is -0.950. The van der Waals surface area contributed by atoms with E-state index >= 15 is 0 Å². The number of halogens is 1. The molecule has 1 fully saturated rings. The first-order valence-corrected chi connectivity index (χ1v) is 6.91. The fraction of sp³-hybridized carbons (Fsp3) is 0.462. The summed E-state index contributed by atoms with van der Waals surface area (Å²) in [4.78, 5) is 12.1. The van der Waals surface area contributed by atoms with E-state index in [1.807, 2.05) is 18.2 Å². The van der Waals surface area contributed by atoms with Crippen LogP contribution in [0.25, 0.3) is 0 Å². The van der Waals surface area contributed by atoms with Crippen LogP contribution in [0.1, 0.15) is 5.56 Å². The average Bonchev–Trinajstić information content (AvgIpc) is 2.43. The highest BCUT2D eigenvalue weighted by molar-refractivity contribution is 9.10. The Morgan fingerprint density at radius 2 is 2.47 bits per heavy atom. The number of rotatable bonds is 4. The summed E-state index contributed by atoms with van der Waals surface area (Å²) >= 11 is 3.46. The van der Waals surface area contributed by atoms with Crippen molar-refractivity contribution in [2.24, 2.45) is 0 Å². The third-order valence-electron chi connectivity index (χ3n) is 2.89. The number of benzene rings is 1. The first-order valence-electron chi connectivity index (χ1n) is 6.12. The minimum absolute atomic E-state index is 0.136. The van der Waals surface area contributed by atoms with Crippen molar-refractivity contribution >= 4 is 27.5 Å². The molecule has 0 bridgehead atoms. The van der Waals surface area contributed by atoms with Crippen LogP contribution in [0, 0.1) is 0 Å². The zero-order valence-corrected chi connectivity index (χ0v) is 12.3. The molecule has 1 aromatic rings. The monoisotopic (exact) mass is 328 g/mol. The van der Waals surface area contributed by atoms with E-state index in [9.17, 15) is 4.79 Å². The number of ether oxygens (including phenoxy) is 2. The van der Waals surface area contributed by atoms with Gasteiger partial charge in [-0.25, -0.2) is 0 Å². The van der Waals surface area contributed by atoms with E-state index in [1.165, 1.54) is 0 Å². The van der Waals surface area contributed by atoms with Crippen LogP contribution in [0.4, 0.5) is 5.69 Å². The number of amides is 1. The first-order chi connectivity index (χ1) is 9.22. The van der Waals surface area contributed by atoms with Gasteiger partial charge in [0.15, 0.2) is 0 Å². The number of carbonyl (C=O) groups is 1. The molecule has 1 unspecified atom stereocenters. The summed E-state index contributed by atoms with van der Waals surface area (Å²) in [7, 11) is 1.62. The van der Waals surface area contributed by atoms with Crippen LogP contribution in [-0.2, 0) is 20.9 Å². The number of hydrogen-bond acceptors (Lipinski definition) is 4. The van der Waals surface area contributed by atoms with Crippen LogP contribution in [-0.4, -0.2) is 38.8 Å². The van der Waals surface area contributed by atoms with Gasteiger partial charge in [-0.15, -0.1) is 0 Å². The quantitative estimate of drug-likeness (QED) is 0.879. The first kappa shape index (κ1) is 14.5. The highest BCUT2D eigenvalue weighted by atomic mass is 79.9. The van der Waals surface area contributed by atoms with Gasteiger partial charge in [0, 0.05) is 35.9 Å². The molecule has 1 atom stereocenters. The molecule has 19 heavy (non-hydrogen) atoms. The van der Waals surface area contributed by atoms with E-state index in [1.54, 1.807) is 7.11 Å². The Balaban J connectivity index is 2.09. The van der Waals surface area contributed by atoms with Crippen molar-refractivity contribution in [3.8, 4) is 0 Å². The van der Waals surface area contributed by atoms with E-state index in [2.05, 4.69) is 26.6 Å². The molecule has 1 amide bonds. The number of nitrogens with one attached hydrogen (secondary N) is 2. The van der Waals surface area contributed by atoms with Gasteiger partial charge in [0.1, 0.15) is 6.10 Å². The van der Waals surface area contributed by atoms with Gasteiger partial charge < -0.3 is 20.1 Å². The molecule has 2 rings (SSSR count). The summed E-state index contributed by atoms with van der Waals surface area (Å²) in [5.41, 5.74) is 1.66. The van der Waals surface area contributed by atoms with Crippen molar-refractivity contribution in [3.05, 3.63) is 28.2 Å². The summed E-state index contributed by atoms with van der Waals surface area (Å²) in [6.07, 6.45) is -0.442. The number of carbonyl (C=O) groups excluding carboxylic acids is 1. The molecule has 0 saturated carbocycles. The molecule has 0 aromatic heterocycles. The summed E-state index contributed by atoms with van der Waals surface area (Å²) in [5, 5.41) is 6.02. The second-order valence-electron chi connectivity index (χ2n) is 4.25. The van der Waals surface area contributed by atoms with Gasteiger partial charge in [-0.2, -0.15) is 0 Å². The van der Waals surface area contributed by atoms with E-state index in [0.29, 0.717) is 19.8 Å². The molecule has 0 spiro atoms. The maximum atomic E-state index is 12.1. The van der Waals surface area contributed by atoms with E-state index in [0.717, 1.165) is 22.3 Å². The maximum Gasteiger partial charge on any atom is 0.254 e. The normalized spacial score (nSPS) is 19.2. The molecule has 6 heteroatoms. The molecule has 1 aromatic carbocycles. The number of hydrogen-bond donors (Lipinski definition) is 2. The van der Waals surface area contributed by atoms with Gasteiger partial charge in [0.25, 0.3) is 5.91 Å². The summed E-state index contributed by atoms with van der Waals surface area (Å²) < 4.78 is 11.5. The lowest BCUT2D eigenvalue weighted by molar-refractivity contribution is -0.128. The number of methoxy groups -OCH3 is 1. The van der Waals surface area contributed by atoms with Gasteiger partial charge in [0.2, 0.25) is 0 Å². The molecule has 104 valence electrons. The van der Waals surface area contributed by atoms with Crippen LogP contribution in [0.2, 0.25) is 0 Å². The van der Waals surface area contributed by atoms with Crippen molar-refractivity contribution in [1.29, 1.82) is 0 Å². The van der Waals surface area contributed by atoms with Gasteiger partial charge >= 0.3 is 0 Å². The van der Waals surface area contributed by atoms with Crippen molar-refractivity contribution in [2.75, 3.05) is 32.1 Å². The Kier molecular flexibility index (Phi) is 5.33. The third-order valence-corrected chi connectivity index (χ3v) is 3.63. The fourth-order valence-corrected chi connectivity index (χ4v) is 2.39. The molecule has 2 N–H and O–H groups in total. The van der Waals surface area contributed by atoms with Crippen molar-refractivity contribution in [2.45, 2.75) is 12.7 Å². The zero-order chi connectivity index (χ0) is 13.7. The number of morpholine rings is 1. The van der Waals surface area contributed by atoms with Gasteiger partial charge in [-0.05, 0) is 12.1 Å². The van der Waals surface area contributed by atoms with Gasteiger partial charge in [-0.1, -0.05) is 22.0 Å². The summed E-state index contributed by atoms with van der Waals surface area (Å²) in [6, 6.07) is 5.65. The Morgan fingerprint density at radius 3 is 3.16 bits per heavy atom. The molecule has 1 aliphatic rings. The fourth-order valence-electron chi connectivity index (χ4n) is 1.91. The van der Waals surface area contributed by atoms with Crippen molar-refractivity contribution in [1.82, 2.24) is 5.32 Å². The molecule has 1 saturated heterocycles. The van der Waals surface area contributed by atoms with Crippen LogP contribution < -0.4 is 10.6 Å². The highest BCUT2D eigenvalue weighted by Gasteiger charge is 2.22. The standard InChI is InChI=1S/C13H17BrN2O3/c1-18-8-9-10(14)3-2-4-11(9)16-13(17)12-7-15-5-6-19-12/h2-4,12,15H,5-8H2,1H3,(H,16,17). The zero-order valence-electron chi connectivity index (χ0n) is 10.7. The lowest BCUT2D eigenvalue weighted by Crippen LogP contribution is -2.45. The molecular weight excluding hydrogens is 312 g/mol. The minimum atomic E-state index is -0.442. The summed E-state index contributed by atoms with van der Waals surface area (Å²) in [5.74, 6) is -0.136. The maximum absolute atomic E-state index is 12.1. The predicted octanol–water partition coefficient (Wildman–Crippen LogP) is 1.52. The minimum Gasteiger partial charge on any atom is -0.380 e. The highest BCUT2D eigenvalue weighted by Crippen LogP contribution is 2.25. The third kappa shape index (κ3) is 3.76. The lowest BCUT2D eigenvalue weighted by Gasteiger charge is -2.23. The molecular formula is C13H17BrN2O3. The van der Waals surface area contributed by atoms with Crippen LogP contribution in [0.15, 0.2) is 22.7 Å². The van der Waals surface area contributed by atoms with Crippen LogP contribution >= 0.6 is 15.9 Å². The molecule has 1 heterocycles. The smallest absolute Gasteiger partial charge is 0.254 e. The van der Waals surface area contributed by atoms with Crippen LogP contribution in [0.3, 0.4) is 0 Å². The molecule has 0 radical (unpaired) electrons. The van der Waals surface area contributed by atoms with Crippen molar-refractivity contribution < 1.29 is 14.3 Å². The Morgan fingerprint density at radius 1 is 1.63 bits per heavy atom. The van der Waals surface area contributed by atoms with Crippen molar-refractivity contribution in [3.63, 3.8) is 0 Å². The largest absolute Gasteiger partial charge is 0.380 e. The van der Waals surface area contributed by atoms with E-state index < -0.39 is 6.10 Å². The molecule has 5 nitrogen and oxygen atoms in total. The van der Waals surface area contributed by atoms with E-state index in [-0.39, 0.29) is 5.91 Å². The Labute approximate surface area is 120 Å². The van der Waals surface area contributed by atoms with Gasteiger partial charge in [0.05, 0.1) is 13.2 Å². The summed E-state index contributed by atoms with van der Waals surface area (Å²) in [6.45, 7) is 2.32. The molecule has 0 aliphatic carbocycles.